The lowest BCUT2D eigenvalue weighted by atomic mass is 10.0. The molecule has 0 spiro atoms. The van der Waals surface area contributed by atoms with Gasteiger partial charge in [-0.1, -0.05) is 23.2 Å². The van der Waals surface area contributed by atoms with E-state index in [1.165, 1.54) is 36.5 Å². The molecule has 1 aromatic carbocycles. The number of hydrogen-bond acceptors (Lipinski definition) is 7. The number of carbonyl (C=O) groups is 2. The Hall–Kier alpha value is -4.18. The molecule has 0 aliphatic heterocycles. The number of nitrogens with one attached hydrogen (secondary N) is 2. The average molecular weight is 646 g/mol. The highest BCUT2D eigenvalue weighted by Gasteiger charge is 2.62. The molecule has 0 bridgehead atoms. The largest absolute Gasteiger partial charge is 0.461 e. The van der Waals surface area contributed by atoms with Gasteiger partial charge < -0.3 is 10.6 Å². The number of aryl methyl sites for hydroxylation is 1. The molecule has 0 aliphatic carbocycles. The third-order valence-corrected chi connectivity index (χ3v) is 6.11. The van der Waals surface area contributed by atoms with Crippen LogP contribution >= 0.6 is 23.2 Å². The van der Waals surface area contributed by atoms with Gasteiger partial charge in [-0.3, -0.25) is 9.59 Å². The first-order chi connectivity index (χ1) is 19.9. The fraction of sp³-hybridized carbons (Fsp3) is 0.320. The second kappa shape index (κ2) is 11.5. The van der Waals surface area contributed by atoms with E-state index in [0.29, 0.717) is 10.4 Å². The molecule has 2 amide bonds. The normalized spacial score (nSPS) is 12.3. The van der Waals surface area contributed by atoms with Gasteiger partial charge in [0.25, 0.3) is 17.6 Å². The van der Waals surface area contributed by atoms with E-state index in [0.717, 1.165) is 4.68 Å². The van der Waals surface area contributed by atoms with Crippen LogP contribution in [0.4, 0.5) is 27.6 Å². The maximum atomic E-state index is 13.7. The highest BCUT2D eigenvalue weighted by atomic mass is 35.5. The van der Waals surface area contributed by atoms with Gasteiger partial charge in [0.05, 0.1) is 22.0 Å². The third-order valence-electron chi connectivity index (χ3n) is 5.60. The number of aromatic nitrogens is 7. The van der Waals surface area contributed by atoms with Crippen LogP contribution in [0.1, 0.15) is 58.7 Å². The van der Waals surface area contributed by atoms with E-state index in [2.05, 4.69) is 36.1 Å². The standard InChI is InChI=1S/C25H22Cl2F5N9O2/c1-12-8-13(26)9-15(20(42)35-23(2,3)4)18(12)34-21(43)17-10-14(37-41(17)19-16(27)6-5-7-33-19)11-40-38-22(36-39-40)24(28,29)25(30,31)32/h5-10H,11H2,1-4H3,(H,34,43)(H,35,42). The lowest BCUT2D eigenvalue weighted by molar-refractivity contribution is -0.292. The molecular formula is C25H22Cl2F5N9O2. The Bertz CT molecular complexity index is 1700. The second-order valence-electron chi connectivity index (χ2n) is 10.3. The molecule has 4 rings (SSSR count). The van der Waals surface area contributed by atoms with Crippen LogP contribution in [0.3, 0.4) is 0 Å². The number of rotatable bonds is 7. The predicted molar refractivity (Wildman–Crippen MR) is 145 cm³/mol. The molecule has 0 radical (unpaired) electrons. The zero-order valence-corrected chi connectivity index (χ0v) is 24.3. The Labute approximate surface area is 250 Å². The molecule has 0 saturated heterocycles. The molecule has 228 valence electrons. The number of nitrogens with zero attached hydrogens (tertiary/aromatic N) is 7. The summed E-state index contributed by atoms with van der Waals surface area (Å²) in [7, 11) is 0. The van der Waals surface area contributed by atoms with E-state index >= 15 is 0 Å². The molecule has 43 heavy (non-hydrogen) atoms. The van der Waals surface area contributed by atoms with Crippen LogP contribution in [-0.2, 0) is 12.5 Å². The van der Waals surface area contributed by atoms with Crippen molar-refractivity contribution in [2.75, 3.05) is 5.32 Å². The van der Waals surface area contributed by atoms with Gasteiger partial charge >= 0.3 is 12.1 Å². The van der Waals surface area contributed by atoms with Crippen LogP contribution in [0.2, 0.25) is 10.0 Å². The summed E-state index contributed by atoms with van der Waals surface area (Å²) in [5.41, 5.74) is -0.198. The zero-order chi connectivity index (χ0) is 31.9. The number of amides is 2. The van der Waals surface area contributed by atoms with E-state index in [1.54, 1.807) is 27.7 Å². The maximum Gasteiger partial charge on any atom is 0.461 e. The Morgan fingerprint density at radius 1 is 1.00 bits per heavy atom. The van der Waals surface area contributed by atoms with E-state index in [4.69, 9.17) is 23.2 Å². The molecule has 11 nitrogen and oxygen atoms in total. The number of tetrazole rings is 1. The Kier molecular flexibility index (Phi) is 8.48. The van der Waals surface area contributed by atoms with Crippen LogP contribution in [0, 0.1) is 6.92 Å². The number of alkyl halides is 5. The molecule has 0 unspecified atom stereocenters. The number of carbonyl (C=O) groups excluding carboxylic acids is 2. The monoisotopic (exact) mass is 645 g/mol. The zero-order valence-electron chi connectivity index (χ0n) is 22.8. The van der Waals surface area contributed by atoms with Gasteiger partial charge in [0.2, 0.25) is 0 Å². The summed E-state index contributed by atoms with van der Waals surface area (Å²) in [5.74, 6) is -8.52. The third kappa shape index (κ3) is 6.91. The van der Waals surface area contributed by atoms with Crippen molar-refractivity contribution in [3.63, 3.8) is 0 Å². The minimum Gasteiger partial charge on any atom is -0.347 e. The summed E-state index contributed by atoms with van der Waals surface area (Å²) in [5, 5.41) is 19.3. The van der Waals surface area contributed by atoms with Crippen LogP contribution in [0.25, 0.3) is 5.82 Å². The van der Waals surface area contributed by atoms with Crippen molar-refractivity contribution >= 4 is 40.7 Å². The quantitative estimate of drug-likeness (QED) is 0.259. The van der Waals surface area contributed by atoms with Gasteiger partial charge in [0, 0.05) is 16.8 Å². The van der Waals surface area contributed by atoms with Crippen LogP contribution < -0.4 is 10.6 Å². The Balaban J connectivity index is 1.74. The second-order valence-corrected chi connectivity index (χ2v) is 11.1. The van der Waals surface area contributed by atoms with Gasteiger partial charge in [-0.2, -0.15) is 31.8 Å². The van der Waals surface area contributed by atoms with E-state index in [-0.39, 0.29) is 38.5 Å². The number of pyridine rings is 1. The topological polar surface area (TPSA) is 133 Å². The molecule has 0 atom stereocenters. The highest BCUT2D eigenvalue weighted by Crippen LogP contribution is 2.41. The molecule has 3 heterocycles. The fourth-order valence-corrected chi connectivity index (χ4v) is 4.22. The van der Waals surface area contributed by atoms with Crippen LogP contribution in [0.15, 0.2) is 36.5 Å². The number of hydrogen-bond donors (Lipinski definition) is 2. The summed E-state index contributed by atoms with van der Waals surface area (Å²) in [6.07, 6.45) is -4.57. The average Bonchev–Trinajstić information content (AvgIpc) is 3.52. The molecule has 0 saturated carbocycles. The number of halogens is 7. The Morgan fingerprint density at radius 2 is 1.70 bits per heavy atom. The lowest BCUT2D eigenvalue weighted by Gasteiger charge is -2.22. The molecule has 0 fully saturated rings. The summed E-state index contributed by atoms with van der Waals surface area (Å²) >= 11 is 12.5. The number of anilines is 1. The fourth-order valence-electron chi connectivity index (χ4n) is 3.74. The van der Waals surface area contributed by atoms with Crippen molar-refractivity contribution in [1.82, 2.24) is 40.3 Å². The van der Waals surface area contributed by atoms with Gasteiger partial charge in [-0.05, 0) is 68.8 Å². The number of benzene rings is 1. The molecule has 3 aromatic heterocycles. The first-order valence-electron chi connectivity index (χ1n) is 12.2. The molecule has 18 heteroatoms. The van der Waals surface area contributed by atoms with E-state index in [9.17, 15) is 31.5 Å². The summed E-state index contributed by atoms with van der Waals surface area (Å²) in [6.45, 7) is 6.38. The minimum atomic E-state index is -5.94. The van der Waals surface area contributed by atoms with E-state index < -0.39 is 41.8 Å². The van der Waals surface area contributed by atoms with Gasteiger partial charge in [-0.15, -0.1) is 10.2 Å². The molecule has 4 aromatic rings. The summed E-state index contributed by atoms with van der Waals surface area (Å²) < 4.78 is 66.6. The van der Waals surface area contributed by atoms with E-state index in [1.807, 2.05) is 0 Å². The van der Waals surface area contributed by atoms with Gasteiger partial charge in [0.15, 0.2) is 5.82 Å². The van der Waals surface area contributed by atoms with Crippen molar-refractivity contribution in [3.8, 4) is 5.82 Å². The summed E-state index contributed by atoms with van der Waals surface area (Å²) in [4.78, 5) is 31.3. The predicted octanol–water partition coefficient (Wildman–Crippen LogP) is 5.35. The lowest BCUT2D eigenvalue weighted by Crippen LogP contribution is -2.41. The van der Waals surface area contributed by atoms with Crippen molar-refractivity contribution in [2.24, 2.45) is 0 Å². The van der Waals surface area contributed by atoms with Crippen molar-refractivity contribution in [3.05, 3.63) is 74.9 Å². The maximum absolute atomic E-state index is 13.7. The van der Waals surface area contributed by atoms with Gasteiger partial charge in [-0.25, -0.2) is 9.67 Å². The summed E-state index contributed by atoms with van der Waals surface area (Å²) in [6, 6.07) is 7.11. The minimum absolute atomic E-state index is 0.00469. The molecular weight excluding hydrogens is 624 g/mol. The van der Waals surface area contributed by atoms with Gasteiger partial charge in [0.1, 0.15) is 12.2 Å². The molecule has 2 N–H and O–H groups in total. The van der Waals surface area contributed by atoms with Crippen molar-refractivity contribution in [1.29, 1.82) is 0 Å². The first-order valence-corrected chi connectivity index (χ1v) is 13.0. The van der Waals surface area contributed by atoms with Crippen molar-refractivity contribution < 1.29 is 31.5 Å². The molecule has 0 aliphatic rings. The van der Waals surface area contributed by atoms with Crippen LogP contribution in [0.5, 0.6) is 0 Å². The Morgan fingerprint density at radius 3 is 2.33 bits per heavy atom. The van der Waals surface area contributed by atoms with Crippen LogP contribution in [-0.4, -0.2) is 58.5 Å². The smallest absolute Gasteiger partial charge is 0.347 e. The first kappa shape index (κ1) is 31.7. The van der Waals surface area contributed by atoms with Crippen molar-refractivity contribution in [2.45, 2.75) is 51.9 Å². The SMILES string of the molecule is Cc1cc(Cl)cc(C(=O)NC(C)(C)C)c1NC(=O)c1cc(Cn2nnc(C(F)(F)C(F)(F)F)n2)nn1-c1ncccc1Cl. The highest BCUT2D eigenvalue weighted by molar-refractivity contribution is 6.32.